The first-order chi connectivity index (χ1) is 9.24. The third-order valence-electron chi connectivity index (χ3n) is 3.00. The van der Waals surface area contributed by atoms with Crippen LogP contribution in [0.25, 0.3) is 0 Å². The largest absolute Gasteiger partial charge is 0.379 e. The summed E-state index contributed by atoms with van der Waals surface area (Å²) in [5.74, 6) is 0.885. The Morgan fingerprint density at radius 1 is 1.19 bits per heavy atom. The highest BCUT2D eigenvalue weighted by molar-refractivity contribution is 14.0. The van der Waals surface area contributed by atoms with E-state index < -0.39 is 0 Å². The van der Waals surface area contributed by atoms with Crippen molar-refractivity contribution in [2.45, 2.75) is 73.0 Å². The summed E-state index contributed by atoms with van der Waals surface area (Å²) in [6.45, 7) is 14.8. The van der Waals surface area contributed by atoms with Crippen LogP contribution in [0.15, 0.2) is 4.99 Å². The maximum Gasteiger partial charge on any atom is 0.191 e. The minimum atomic E-state index is 0. The van der Waals surface area contributed by atoms with Crippen LogP contribution in [0.5, 0.6) is 0 Å². The van der Waals surface area contributed by atoms with Crippen LogP contribution in [0.2, 0.25) is 0 Å². The van der Waals surface area contributed by atoms with E-state index in [-0.39, 0.29) is 24.0 Å². The van der Waals surface area contributed by atoms with E-state index in [2.05, 4.69) is 57.2 Å². The van der Waals surface area contributed by atoms with Crippen LogP contribution in [0.4, 0.5) is 0 Å². The van der Waals surface area contributed by atoms with Crippen LogP contribution in [-0.4, -0.2) is 38.3 Å². The molecule has 0 aliphatic rings. The van der Waals surface area contributed by atoms with E-state index in [1.165, 1.54) is 6.42 Å². The van der Waals surface area contributed by atoms with Crippen molar-refractivity contribution in [2.24, 2.45) is 10.4 Å². The maximum atomic E-state index is 5.51. The van der Waals surface area contributed by atoms with Crippen LogP contribution in [-0.2, 0) is 4.74 Å². The average Bonchev–Trinajstić information content (AvgIpc) is 2.33. The topological polar surface area (TPSA) is 45.7 Å². The molecule has 21 heavy (non-hydrogen) atoms. The second-order valence-electron chi connectivity index (χ2n) is 6.92. The van der Waals surface area contributed by atoms with Gasteiger partial charge in [0.25, 0.3) is 0 Å². The van der Waals surface area contributed by atoms with Gasteiger partial charge in [0.15, 0.2) is 5.96 Å². The first kappa shape index (κ1) is 23.2. The van der Waals surface area contributed by atoms with Gasteiger partial charge in [-0.3, -0.25) is 4.99 Å². The molecule has 0 fully saturated rings. The second kappa shape index (κ2) is 12.5. The number of hydrogen-bond acceptors (Lipinski definition) is 2. The molecule has 0 aromatic rings. The van der Waals surface area contributed by atoms with Gasteiger partial charge in [-0.05, 0) is 45.4 Å². The number of guanidine groups is 1. The Morgan fingerprint density at radius 3 is 2.29 bits per heavy atom. The van der Waals surface area contributed by atoms with E-state index >= 15 is 0 Å². The minimum Gasteiger partial charge on any atom is -0.379 e. The standard InChI is InChI=1S/C16H35N3O.HI/c1-13(2)20-12-8-11-18-15(17-7)19-14(3)9-10-16(4,5)6;/h13-14H,8-12H2,1-7H3,(H2,17,18,19);1H. The van der Waals surface area contributed by atoms with Gasteiger partial charge in [-0.15, -0.1) is 24.0 Å². The van der Waals surface area contributed by atoms with Crippen LogP contribution >= 0.6 is 24.0 Å². The Bertz CT molecular complexity index is 275. The summed E-state index contributed by atoms with van der Waals surface area (Å²) in [6, 6.07) is 0.437. The molecule has 0 saturated carbocycles. The van der Waals surface area contributed by atoms with Crippen molar-refractivity contribution in [2.75, 3.05) is 20.2 Å². The van der Waals surface area contributed by atoms with E-state index in [1.807, 2.05) is 7.05 Å². The summed E-state index contributed by atoms with van der Waals surface area (Å²) in [5.41, 5.74) is 0.390. The fraction of sp³-hybridized carbons (Fsp3) is 0.938. The normalized spacial score (nSPS) is 13.8. The second-order valence-corrected chi connectivity index (χ2v) is 6.92. The lowest BCUT2D eigenvalue weighted by Gasteiger charge is -2.23. The summed E-state index contributed by atoms with van der Waals surface area (Å²) in [4.78, 5) is 4.26. The summed E-state index contributed by atoms with van der Waals surface area (Å²) < 4.78 is 5.51. The molecule has 1 unspecified atom stereocenters. The smallest absolute Gasteiger partial charge is 0.191 e. The lowest BCUT2D eigenvalue weighted by Crippen LogP contribution is -2.43. The third kappa shape index (κ3) is 16.2. The highest BCUT2D eigenvalue weighted by Gasteiger charge is 2.13. The molecule has 0 radical (unpaired) electrons. The van der Waals surface area contributed by atoms with Crippen molar-refractivity contribution >= 4 is 29.9 Å². The molecule has 0 rings (SSSR count). The Kier molecular flexibility index (Phi) is 13.8. The van der Waals surface area contributed by atoms with Gasteiger partial charge in [0.05, 0.1) is 6.10 Å². The van der Waals surface area contributed by atoms with Crippen molar-refractivity contribution in [3.63, 3.8) is 0 Å². The average molecular weight is 413 g/mol. The van der Waals surface area contributed by atoms with Crippen molar-refractivity contribution in [3.8, 4) is 0 Å². The van der Waals surface area contributed by atoms with Crippen LogP contribution < -0.4 is 10.6 Å². The van der Waals surface area contributed by atoms with E-state index in [9.17, 15) is 0 Å². The quantitative estimate of drug-likeness (QED) is 0.275. The Balaban J connectivity index is 0. The SMILES string of the molecule is CN=C(NCCCOC(C)C)NC(C)CCC(C)(C)C.I. The number of rotatable bonds is 8. The number of aliphatic imine (C=N–C) groups is 1. The van der Waals surface area contributed by atoms with Crippen molar-refractivity contribution in [1.82, 2.24) is 10.6 Å². The Hall–Kier alpha value is -0.0400. The molecule has 0 aromatic heterocycles. The van der Waals surface area contributed by atoms with Gasteiger partial charge in [-0.1, -0.05) is 20.8 Å². The monoisotopic (exact) mass is 413 g/mol. The molecule has 4 nitrogen and oxygen atoms in total. The Labute approximate surface area is 148 Å². The predicted molar refractivity (Wildman–Crippen MR) is 104 cm³/mol. The van der Waals surface area contributed by atoms with E-state index in [1.54, 1.807) is 0 Å². The Morgan fingerprint density at radius 2 is 1.81 bits per heavy atom. The molecule has 0 amide bonds. The summed E-state index contributed by atoms with van der Waals surface area (Å²) in [5, 5.41) is 6.77. The highest BCUT2D eigenvalue weighted by atomic mass is 127. The fourth-order valence-electron chi connectivity index (χ4n) is 1.75. The minimum absolute atomic E-state index is 0. The van der Waals surface area contributed by atoms with Gasteiger partial charge in [0.1, 0.15) is 0 Å². The molecule has 1 atom stereocenters. The third-order valence-corrected chi connectivity index (χ3v) is 3.00. The molecule has 0 aliphatic heterocycles. The van der Waals surface area contributed by atoms with E-state index in [4.69, 9.17) is 4.74 Å². The number of ether oxygens (including phenoxy) is 1. The summed E-state index contributed by atoms with van der Waals surface area (Å²) >= 11 is 0. The zero-order chi connectivity index (χ0) is 15.6. The molecule has 128 valence electrons. The van der Waals surface area contributed by atoms with Crippen molar-refractivity contribution < 1.29 is 4.74 Å². The maximum absolute atomic E-state index is 5.51. The van der Waals surface area contributed by atoms with E-state index in [0.717, 1.165) is 32.0 Å². The van der Waals surface area contributed by atoms with Crippen LogP contribution in [0.3, 0.4) is 0 Å². The number of nitrogens with one attached hydrogen (secondary N) is 2. The molecular formula is C16H36IN3O. The molecule has 0 heterocycles. The number of hydrogen-bond donors (Lipinski definition) is 2. The van der Waals surface area contributed by atoms with Crippen molar-refractivity contribution in [1.29, 1.82) is 0 Å². The molecule has 5 heteroatoms. The van der Waals surface area contributed by atoms with Gasteiger partial charge in [0, 0.05) is 26.2 Å². The molecule has 0 aromatic carbocycles. The first-order valence-corrected chi connectivity index (χ1v) is 7.83. The number of nitrogens with zero attached hydrogens (tertiary/aromatic N) is 1. The zero-order valence-corrected chi connectivity index (χ0v) is 17.3. The van der Waals surface area contributed by atoms with Gasteiger partial charge in [-0.25, -0.2) is 0 Å². The van der Waals surface area contributed by atoms with Gasteiger partial charge in [-0.2, -0.15) is 0 Å². The molecule has 0 aliphatic carbocycles. The lowest BCUT2D eigenvalue weighted by molar-refractivity contribution is 0.0776. The van der Waals surface area contributed by atoms with Crippen LogP contribution in [0.1, 0.15) is 60.8 Å². The molecule has 0 bridgehead atoms. The summed E-state index contributed by atoms with van der Waals surface area (Å²) in [7, 11) is 1.82. The van der Waals surface area contributed by atoms with Crippen LogP contribution in [0, 0.1) is 5.41 Å². The molecule has 0 saturated heterocycles. The summed E-state index contributed by atoms with van der Waals surface area (Å²) in [6.07, 6.45) is 3.67. The molecule has 0 spiro atoms. The van der Waals surface area contributed by atoms with Gasteiger partial charge in [0.2, 0.25) is 0 Å². The van der Waals surface area contributed by atoms with Crippen molar-refractivity contribution in [3.05, 3.63) is 0 Å². The highest BCUT2D eigenvalue weighted by Crippen LogP contribution is 2.21. The fourth-order valence-corrected chi connectivity index (χ4v) is 1.75. The lowest BCUT2D eigenvalue weighted by atomic mass is 9.89. The zero-order valence-electron chi connectivity index (χ0n) is 15.0. The van der Waals surface area contributed by atoms with E-state index in [0.29, 0.717) is 17.6 Å². The first-order valence-electron chi connectivity index (χ1n) is 7.83. The van der Waals surface area contributed by atoms with Gasteiger partial charge < -0.3 is 15.4 Å². The molecule has 2 N–H and O–H groups in total. The predicted octanol–water partition coefficient (Wildman–Crippen LogP) is 3.80. The number of halogens is 1. The van der Waals surface area contributed by atoms with Gasteiger partial charge >= 0.3 is 0 Å². The molecular weight excluding hydrogens is 377 g/mol.